The summed E-state index contributed by atoms with van der Waals surface area (Å²) in [4.78, 5) is 23.8. The molecule has 1 aromatic heterocycles. The lowest BCUT2D eigenvalue weighted by molar-refractivity contribution is 0.0670. The van der Waals surface area contributed by atoms with Gasteiger partial charge in [0, 0.05) is 20.2 Å². The first-order chi connectivity index (χ1) is 12.6. The summed E-state index contributed by atoms with van der Waals surface area (Å²) in [6, 6.07) is 6.62. The Morgan fingerprint density at radius 2 is 1.96 bits per heavy atom. The average Bonchev–Trinajstić information content (AvgIpc) is 2.59. The van der Waals surface area contributed by atoms with Crippen molar-refractivity contribution in [2.75, 3.05) is 13.7 Å². The second-order valence-corrected chi connectivity index (χ2v) is 12.9. The molecule has 2 N–H and O–H groups in total. The van der Waals surface area contributed by atoms with E-state index in [0.29, 0.717) is 12.2 Å². The Morgan fingerprint density at radius 1 is 1.26 bits per heavy atom. The first-order valence-electron chi connectivity index (χ1n) is 8.43. The fraction of sp³-hybridized carbons (Fsp3) is 0.389. The maximum absolute atomic E-state index is 12.3. The molecule has 0 aliphatic rings. The smallest absolute Gasteiger partial charge is 0.341 e. The zero-order valence-corrected chi connectivity index (χ0v) is 16.9. The third-order valence-corrected chi connectivity index (χ3v) is 5.59. The molecule has 9 heteroatoms. The number of carbonyl (C=O) groups is 1. The standard InChI is InChI=1S/C18H24N2O6Si/c1-25-16-9-12(5-6-15(16)21)14-10-13(18(23)24)17(22)20(19-14)11-26-7-8-27(2,3)4/h5-6,9-10,21H,7-8,11H2,1-4H3,(H,23,24). The number of hydrogen-bond acceptors (Lipinski definition) is 6. The van der Waals surface area contributed by atoms with Crippen LogP contribution in [0.5, 0.6) is 11.5 Å². The van der Waals surface area contributed by atoms with Gasteiger partial charge in [0.2, 0.25) is 0 Å². The molecular formula is C18H24N2O6Si. The molecule has 0 saturated carbocycles. The summed E-state index contributed by atoms with van der Waals surface area (Å²) in [7, 11) is 0.123. The molecule has 0 unspecified atom stereocenters. The van der Waals surface area contributed by atoms with Crippen LogP contribution in [-0.2, 0) is 11.5 Å². The van der Waals surface area contributed by atoms with Crippen LogP contribution >= 0.6 is 0 Å². The highest BCUT2D eigenvalue weighted by Gasteiger charge is 2.17. The second-order valence-electron chi connectivity index (χ2n) is 7.29. The van der Waals surface area contributed by atoms with Crippen molar-refractivity contribution in [3.63, 3.8) is 0 Å². The summed E-state index contributed by atoms with van der Waals surface area (Å²) in [5.74, 6) is -1.18. The zero-order chi connectivity index (χ0) is 20.2. The third-order valence-electron chi connectivity index (χ3n) is 3.89. The summed E-state index contributed by atoms with van der Waals surface area (Å²) in [6.45, 7) is 6.97. The Labute approximate surface area is 158 Å². The van der Waals surface area contributed by atoms with Gasteiger partial charge in [-0.1, -0.05) is 19.6 Å². The maximum atomic E-state index is 12.3. The molecule has 146 valence electrons. The van der Waals surface area contributed by atoms with E-state index in [9.17, 15) is 19.8 Å². The molecule has 27 heavy (non-hydrogen) atoms. The van der Waals surface area contributed by atoms with Gasteiger partial charge in [0.1, 0.15) is 12.3 Å². The first-order valence-corrected chi connectivity index (χ1v) is 12.1. The van der Waals surface area contributed by atoms with Crippen LogP contribution in [0.15, 0.2) is 29.1 Å². The molecular weight excluding hydrogens is 368 g/mol. The number of nitrogens with zero attached hydrogens (tertiary/aromatic N) is 2. The average molecular weight is 392 g/mol. The minimum atomic E-state index is -1.34. The number of aromatic carboxylic acids is 1. The van der Waals surface area contributed by atoms with Gasteiger partial charge >= 0.3 is 5.97 Å². The quantitative estimate of drug-likeness (QED) is 0.525. The van der Waals surface area contributed by atoms with Crippen LogP contribution in [0.1, 0.15) is 10.4 Å². The Balaban J connectivity index is 2.37. The zero-order valence-electron chi connectivity index (χ0n) is 15.9. The number of rotatable bonds is 8. The molecule has 2 rings (SSSR count). The molecule has 0 bridgehead atoms. The number of aromatic hydroxyl groups is 1. The summed E-state index contributed by atoms with van der Waals surface area (Å²) in [5.41, 5.74) is -0.368. The molecule has 0 aliphatic heterocycles. The van der Waals surface area contributed by atoms with E-state index in [4.69, 9.17) is 9.47 Å². The van der Waals surface area contributed by atoms with Crippen LogP contribution in [0, 0.1) is 0 Å². The van der Waals surface area contributed by atoms with Crippen LogP contribution in [0.25, 0.3) is 11.3 Å². The lowest BCUT2D eigenvalue weighted by Gasteiger charge is -2.16. The minimum absolute atomic E-state index is 0.0530. The van der Waals surface area contributed by atoms with E-state index < -0.39 is 25.2 Å². The molecule has 8 nitrogen and oxygen atoms in total. The molecule has 1 aromatic carbocycles. The Bertz CT molecular complexity index is 888. The van der Waals surface area contributed by atoms with Crippen molar-refractivity contribution in [2.45, 2.75) is 32.4 Å². The number of carboxylic acids is 1. The normalized spacial score (nSPS) is 11.4. The van der Waals surface area contributed by atoms with E-state index in [1.165, 1.54) is 25.3 Å². The number of benzene rings is 1. The Hall–Kier alpha value is -2.65. The van der Waals surface area contributed by atoms with Crippen LogP contribution in [0.3, 0.4) is 0 Å². The number of hydrogen-bond donors (Lipinski definition) is 2. The van der Waals surface area contributed by atoms with Crippen molar-refractivity contribution in [3.8, 4) is 22.8 Å². The van der Waals surface area contributed by atoms with Gasteiger partial charge in [-0.3, -0.25) is 4.79 Å². The molecule has 2 aromatic rings. The number of phenolic OH excluding ortho intramolecular Hbond substituents is 1. The van der Waals surface area contributed by atoms with Crippen LogP contribution < -0.4 is 10.3 Å². The molecule has 0 spiro atoms. The number of phenols is 1. The second kappa shape index (κ2) is 8.36. The van der Waals surface area contributed by atoms with Crippen LogP contribution in [0.2, 0.25) is 25.7 Å². The van der Waals surface area contributed by atoms with Crippen molar-refractivity contribution < 1.29 is 24.5 Å². The summed E-state index contributed by atoms with van der Waals surface area (Å²) in [6.07, 6.45) is 0. The van der Waals surface area contributed by atoms with E-state index in [2.05, 4.69) is 24.7 Å². The van der Waals surface area contributed by atoms with Gasteiger partial charge in [0.05, 0.1) is 12.8 Å². The topological polar surface area (TPSA) is 111 Å². The van der Waals surface area contributed by atoms with Crippen LogP contribution in [-0.4, -0.2) is 47.8 Å². The Morgan fingerprint density at radius 3 is 2.56 bits per heavy atom. The van der Waals surface area contributed by atoms with E-state index >= 15 is 0 Å². The highest BCUT2D eigenvalue weighted by molar-refractivity contribution is 6.76. The molecule has 0 aliphatic carbocycles. The van der Waals surface area contributed by atoms with Crippen molar-refractivity contribution in [1.82, 2.24) is 9.78 Å². The molecule has 0 atom stereocenters. The number of ether oxygens (including phenoxy) is 2. The molecule has 0 amide bonds. The molecule has 0 radical (unpaired) electrons. The SMILES string of the molecule is COc1cc(-c2cc(C(=O)O)c(=O)n(COCC[Si](C)(C)C)n2)ccc1O. The number of carboxylic acid groups (broad SMARTS) is 1. The fourth-order valence-electron chi connectivity index (χ4n) is 2.29. The predicted octanol–water partition coefficient (Wildman–Crippen LogP) is 2.64. The minimum Gasteiger partial charge on any atom is -0.504 e. The summed E-state index contributed by atoms with van der Waals surface area (Å²) < 4.78 is 11.6. The van der Waals surface area contributed by atoms with Gasteiger partial charge in [-0.05, 0) is 30.3 Å². The van der Waals surface area contributed by atoms with Gasteiger partial charge in [-0.2, -0.15) is 5.10 Å². The van der Waals surface area contributed by atoms with Crippen molar-refractivity contribution >= 4 is 14.0 Å². The highest BCUT2D eigenvalue weighted by atomic mass is 28.3. The van der Waals surface area contributed by atoms with Gasteiger partial charge in [-0.25, -0.2) is 9.48 Å². The Kier molecular flexibility index (Phi) is 6.40. The largest absolute Gasteiger partial charge is 0.504 e. The molecule has 0 fully saturated rings. The van der Waals surface area contributed by atoms with Gasteiger partial charge in [0.15, 0.2) is 11.5 Å². The monoisotopic (exact) mass is 392 g/mol. The van der Waals surface area contributed by atoms with E-state index in [-0.39, 0.29) is 23.9 Å². The lowest BCUT2D eigenvalue weighted by Crippen LogP contribution is -2.30. The predicted molar refractivity (Wildman–Crippen MR) is 103 cm³/mol. The highest BCUT2D eigenvalue weighted by Crippen LogP contribution is 2.30. The van der Waals surface area contributed by atoms with Crippen molar-refractivity contribution in [1.29, 1.82) is 0 Å². The number of methoxy groups -OCH3 is 1. The first kappa shape index (κ1) is 20.7. The lowest BCUT2D eigenvalue weighted by atomic mass is 10.1. The van der Waals surface area contributed by atoms with Gasteiger partial charge < -0.3 is 19.7 Å². The molecule has 1 heterocycles. The van der Waals surface area contributed by atoms with E-state index in [1.807, 2.05) is 0 Å². The van der Waals surface area contributed by atoms with Gasteiger partial charge in [0.25, 0.3) is 5.56 Å². The summed E-state index contributed by atoms with van der Waals surface area (Å²) in [5, 5.41) is 23.3. The van der Waals surface area contributed by atoms with Gasteiger partial charge in [-0.15, -0.1) is 0 Å². The van der Waals surface area contributed by atoms with E-state index in [0.717, 1.165) is 10.7 Å². The number of aromatic nitrogens is 2. The van der Waals surface area contributed by atoms with Crippen molar-refractivity contribution in [3.05, 3.63) is 40.2 Å². The third kappa shape index (κ3) is 5.41. The maximum Gasteiger partial charge on any atom is 0.341 e. The van der Waals surface area contributed by atoms with Crippen molar-refractivity contribution in [2.24, 2.45) is 0 Å². The van der Waals surface area contributed by atoms with E-state index in [1.54, 1.807) is 6.07 Å². The van der Waals surface area contributed by atoms with Crippen LogP contribution in [0.4, 0.5) is 0 Å². The summed E-state index contributed by atoms with van der Waals surface area (Å²) >= 11 is 0. The fourth-order valence-corrected chi connectivity index (χ4v) is 3.05. The molecule has 0 saturated heterocycles.